The van der Waals surface area contributed by atoms with Gasteiger partial charge in [0, 0.05) is 6.42 Å². The highest BCUT2D eigenvalue weighted by molar-refractivity contribution is 5.69. The molecule has 0 amide bonds. The summed E-state index contributed by atoms with van der Waals surface area (Å²) in [7, 11) is 0. The van der Waals surface area contributed by atoms with Crippen LogP contribution < -0.4 is 0 Å². The summed E-state index contributed by atoms with van der Waals surface area (Å²) < 4.78 is 5.55. The fourth-order valence-corrected chi connectivity index (χ4v) is 2.66. The lowest BCUT2D eigenvalue weighted by molar-refractivity contribution is -0.151. The van der Waals surface area contributed by atoms with E-state index in [0.29, 0.717) is 12.3 Å². The zero-order valence-corrected chi connectivity index (χ0v) is 11.5. The summed E-state index contributed by atoms with van der Waals surface area (Å²) in [5.74, 6) is 0.614. The quantitative estimate of drug-likeness (QED) is 0.389. The summed E-state index contributed by atoms with van der Waals surface area (Å²) in [6, 6.07) is 0. The summed E-state index contributed by atoms with van der Waals surface area (Å²) in [6.45, 7) is 4.23. The predicted octanol–water partition coefficient (Wildman–Crippen LogP) is 4.47. The molecule has 1 fully saturated rings. The molecule has 17 heavy (non-hydrogen) atoms. The second-order valence-corrected chi connectivity index (χ2v) is 5.40. The van der Waals surface area contributed by atoms with Crippen LogP contribution in [0.15, 0.2) is 0 Å². The summed E-state index contributed by atoms with van der Waals surface area (Å²) >= 11 is 0. The molecular formula is C15H28O2. The molecule has 2 heteroatoms. The minimum Gasteiger partial charge on any atom is -0.462 e. The highest BCUT2D eigenvalue weighted by atomic mass is 16.5. The molecule has 1 aliphatic carbocycles. The van der Waals surface area contributed by atoms with Crippen molar-refractivity contribution in [2.75, 3.05) is 0 Å². The molecule has 1 rings (SSSR count). The number of esters is 1. The molecule has 0 aromatic heterocycles. The van der Waals surface area contributed by atoms with Gasteiger partial charge in [0.1, 0.15) is 6.10 Å². The molecule has 2 nitrogen and oxygen atoms in total. The SMILES string of the molecule is CCCCCC(=O)OC(C)C1CCCCCC1. The zero-order valence-electron chi connectivity index (χ0n) is 11.5. The number of unbranched alkanes of at least 4 members (excludes halogenated alkanes) is 2. The van der Waals surface area contributed by atoms with Crippen molar-refractivity contribution in [3.8, 4) is 0 Å². The van der Waals surface area contributed by atoms with Crippen molar-refractivity contribution >= 4 is 5.97 Å². The van der Waals surface area contributed by atoms with Crippen molar-refractivity contribution in [1.29, 1.82) is 0 Å². The molecule has 0 aromatic rings. The van der Waals surface area contributed by atoms with Gasteiger partial charge in [-0.1, -0.05) is 45.4 Å². The van der Waals surface area contributed by atoms with E-state index >= 15 is 0 Å². The van der Waals surface area contributed by atoms with Crippen LogP contribution in [0.5, 0.6) is 0 Å². The lowest BCUT2D eigenvalue weighted by Gasteiger charge is -2.22. The maximum atomic E-state index is 11.6. The number of hydrogen-bond acceptors (Lipinski definition) is 2. The molecule has 1 unspecified atom stereocenters. The van der Waals surface area contributed by atoms with Crippen LogP contribution in [0, 0.1) is 5.92 Å². The number of carbonyl (C=O) groups excluding carboxylic acids is 1. The van der Waals surface area contributed by atoms with Crippen LogP contribution in [0.1, 0.15) is 78.1 Å². The van der Waals surface area contributed by atoms with Crippen LogP contribution >= 0.6 is 0 Å². The average molecular weight is 240 g/mol. The second-order valence-electron chi connectivity index (χ2n) is 5.40. The molecule has 1 saturated carbocycles. The molecular weight excluding hydrogens is 212 g/mol. The molecule has 0 heterocycles. The summed E-state index contributed by atoms with van der Waals surface area (Å²) in [6.07, 6.45) is 11.8. The summed E-state index contributed by atoms with van der Waals surface area (Å²) in [4.78, 5) is 11.6. The molecule has 0 radical (unpaired) electrons. The lowest BCUT2D eigenvalue weighted by atomic mass is 9.95. The van der Waals surface area contributed by atoms with Crippen LogP contribution in [0.3, 0.4) is 0 Å². The predicted molar refractivity (Wildman–Crippen MR) is 70.9 cm³/mol. The second kappa shape index (κ2) is 8.54. The maximum Gasteiger partial charge on any atom is 0.306 e. The number of carbonyl (C=O) groups is 1. The van der Waals surface area contributed by atoms with Crippen LogP contribution in [0.2, 0.25) is 0 Å². The van der Waals surface area contributed by atoms with Gasteiger partial charge in [-0.05, 0) is 32.1 Å². The fourth-order valence-electron chi connectivity index (χ4n) is 2.66. The number of hydrogen-bond donors (Lipinski definition) is 0. The van der Waals surface area contributed by atoms with Crippen molar-refractivity contribution in [1.82, 2.24) is 0 Å². The number of rotatable bonds is 6. The van der Waals surface area contributed by atoms with Crippen molar-refractivity contribution in [2.45, 2.75) is 84.2 Å². The van der Waals surface area contributed by atoms with Gasteiger partial charge in [0.15, 0.2) is 0 Å². The zero-order chi connectivity index (χ0) is 12.5. The monoisotopic (exact) mass is 240 g/mol. The van der Waals surface area contributed by atoms with E-state index in [1.54, 1.807) is 0 Å². The van der Waals surface area contributed by atoms with E-state index in [2.05, 4.69) is 13.8 Å². The van der Waals surface area contributed by atoms with E-state index in [0.717, 1.165) is 19.3 Å². The Hall–Kier alpha value is -0.530. The summed E-state index contributed by atoms with van der Waals surface area (Å²) in [5.41, 5.74) is 0. The van der Waals surface area contributed by atoms with E-state index in [9.17, 15) is 4.79 Å². The van der Waals surface area contributed by atoms with E-state index in [1.807, 2.05) is 0 Å². The van der Waals surface area contributed by atoms with Crippen LogP contribution in [0.25, 0.3) is 0 Å². The first-order valence-corrected chi connectivity index (χ1v) is 7.43. The first-order valence-electron chi connectivity index (χ1n) is 7.43. The Morgan fingerprint density at radius 3 is 2.41 bits per heavy atom. The first kappa shape index (κ1) is 14.5. The number of ether oxygens (including phenoxy) is 1. The van der Waals surface area contributed by atoms with Gasteiger partial charge < -0.3 is 4.74 Å². The third kappa shape index (κ3) is 6.09. The van der Waals surface area contributed by atoms with Gasteiger partial charge in [0.2, 0.25) is 0 Å². The molecule has 1 aliphatic rings. The van der Waals surface area contributed by atoms with Crippen molar-refractivity contribution in [3.05, 3.63) is 0 Å². The van der Waals surface area contributed by atoms with E-state index in [1.165, 1.54) is 38.5 Å². The topological polar surface area (TPSA) is 26.3 Å². The molecule has 0 N–H and O–H groups in total. The Morgan fingerprint density at radius 2 is 1.82 bits per heavy atom. The molecule has 0 aromatic carbocycles. The molecule has 0 saturated heterocycles. The molecule has 0 spiro atoms. The van der Waals surface area contributed by atoms with Crippen molar-refractivity contribution < 1.29 is 9.53 Å². The smallest absolute Gasteiger partial charge is 0.306 e. The van der Waals surface area contributed by atoms with Gasteiger partial charge in [-0.15, -0.1) is 0 Å². The van der Waals surface area contributed by atoms with E-state index in [4.69, 9.17) is 4.74 Å². The Morgan fingerprint density at radius 1 is 1.18 bits per heavy atom. The van der Waals surface area contributed by atoms with Crippen molar-refractivity contribution in [2.24, 2.45) is 5.92 Å². The minimum absolute atomic E-state index is 0.00944. The molecule has 0 bridgehead atoms. The van der Waals surface area contributed by atoms with E-state index in [-0.39, 0.29) is 12.1 Å². The standard InChI is InChI=1S/C15H28O2/c1-3-4-7-12-15(16)17-13(2)14-10-8-5-6-9-11-14/h13-14H,3-12H2,1-2H3. The summed E-state index contributed by atoms with van der Waals surface area (Å²) in [5, 5.41) is 0. The maximum absolute atomic E-state index is 11.6. The van der Waals surface area contributed by atoms with Gasteiger partial charge in [-0.25, -0.2) is 0 Å². The molecule has 1 atom stereocenters. The van der Waals surface area contributed by atoms with Gasteiger partial charge in [-0.2, -0.15) is 0 Å². The largest absolute Gasteiger partial charge is 0.462 e. The Kier molecular flexibility index (Phi) is 7.30. The average Bonchev–Trinajstić information content (AvgIpc) is 2.57. The van der Waals surface area contributed by atoms with Gasteiger partial charge >= 0.3 is 5.97 Å². The third-order valence-electron chi connectivity index (χ3n) is 3.87. The Labute approximate surface area is 106 Å². The molecule has 0 aliphatic heterocycles. The highest BCUT2D eigenvalue weighted by Gasteiger charge is 2.21. The third-order valence-corrected chi connectivity index (χ3v) is 3.87. The van der Waals surface area contributed by atoms with Gasteiger partial charge in [-0.3, -0.25) is 4.79 Å². The van der Waals surface area contributed by atoms with Crippen molar-refractivity contribution in [3.63, 3.8) is 0 Å². The van der Waals surface area contributed by atoms with Gasteiger partial charge in [0.05, 0.1) is 0 Å². The Bertz CT molecular complexity index is 205. The first-order chi connectivity index (χ1) is 8.24. The molecule has 100 valence electrons. The normalized spacial score (nSPS) is 19.6. The van der Waals surface area contributed by atoms with Crippen LogP contribution in [0.4, 0.5) is 0 Å². The van der Waals surface area contributed by atoms with Crippen LogP contribution in [-0.2, 0) is 9.53 Å². The van der Waals surface area contributed by atoms with Gasteiger partial charge in [0.25, 0.3) is 0 Å². The lowest BCUT2D eigenvalue weighted by Crippen LogP contribution is -2.23. The van der Waals surface area contributed by atoms with E-state index < -0.39 is 0 Å². The fraction of sp³-hybridized carbons (Fsp3) is 0.933. The minimum atomic E-state index is 0.00944. The highest BCUT2D eigenvalue weighted by Crippen LogP contribution is 2.27. The Balaban J connectivity index is 2.21. The van der Waals surface area contributed by atoms with Crippen LogP contribution in [-0.4, -0.2) is 12.1 Å².